The molecule has 0 aliphatic heterocycles. The maximum Gasteiger partial charge on any atom is 0.306 e. The Bertz CT molecular complexity index is 1450. The standard InChI is InChI=1S/C70H122O6/c1-4-7-10-13-16-19-22-25-28-30-31-32-33-34-35-36-37-38-40-42-45-48-51-54-57-60-63-69(72)75-66-67(65-74-68(71)62-59-56-53-50-47-44-41-27-24-21-18-15-12-9-6-3)76-70(73)64-61-58-55-52-49-46-43-39-29-26-23-20-17-14-11-8-5-2/h8-9,11-12,17-18,20-21,26-27,29,41,43,46,67H,4-7,10,13-16,19,22-25,28,30-40,42,44-45,47-66H2,1-3H3/b11-8-,12-9-,20-17-,21-18-,29-26-,41-27-,46-43-. The summed E-state index contributed by atoms with van der Waals surface area (Å²) in [4.78, 5) is 38.3. The van der Waals surface area contributed by atoms with Gasteiger partial charge in [-0.2, -0.15) is 0 Å². The zero-order chi connectivity index (χ0) is 55.0. The van der Waals surface area contributed by atoms with Gasteiger partial charge in [0.05, 0.1) is 0 Å². The minimum absolute atomic E-state index is 0.0900. The van der Waals surface area contributed by atoms with Crippen LogP contribution in [0.15, 0.2) is 85.1 Å². The molecule has 0 aromatic carbocycles. The molecule has 0 radical (unpaired) electrons. The van der Waals surface area contributed by atoms with E-state index in [4.69, 9.17) is 14.2 Å². The molecule has 0 fully saturated rings. The monoisotopic (exact) mass is 1060 g/mol. The zero-order valence-corrected chi connectivity index (χ0v) is 50.3. The normalized spacial score (nSPS) is 12.6. The molecule has 6 heteroatoms. The topological polar surface area (TPSA) is 78.9 Å². The van der Waals surface area contributed by atoms with E-state index in [1.807, 2.05) is 0 Å². The number of unbranched alkanes of at least 4 members (excludes halogenated alkanes) is 34. The number of allylic oxidation sites excluding steroid dienone is 14. The van der Waals surface area contributed by atoms with E-state index in [-0.39, 0.29) is 31.1 Å². The van der Waals surface area contributed by atoms with Gasteiger partial charge in [-0.3, -0.25) is 14.4 Å². The van der Waals surface area contributed by atoms with Crippen molar-refractivity contribution in [1.29, 1.82) is 0 Å². The number of esters is 3. The van der Waals surface area contributed by atoms with Gasteiger partial charge in [0.15, 0.2) is 6.10 Å². The van der Waals surface area contributed by atoms with Gasteiger partial charge in [-0.05, 0) is 89.9 Å². The molecule has 0 heterocycles. The number of rotatable bonds is 59. The molecule has 1 unspecified atom stereocenters. The van der Waals surface area contributed by atoms with Crippen LogP contribution in [-0.2, 0) is 28.6 Å². The van der Waals surface area contributed by atoms with Crippen molar-refractivity contribution in [3.05, 3.63) is 85.1 Å². The third kappa shape index (κ3) is 61.4. The van der Waals surface area contributed by atoms with Gasteiger partial charge in [0, 0.05) is 19.3 Å². The van der Waals surface area contributed by atoms with Crippen molar-refractivity contribution in [3.8, 4) is 0 Å². The molecule has 0 spiro atoms. The summed E-state index contributed by atoms with van der Waals surface area (Å²) < 4.78 is 16.9. The van der Waals surface area contributed by atoms with E-state index < -0.39 is 6.10 Å². The molecule has 76 heavy (non-hydrogen) atoms. The molecular formula is C70H122O6. The van der Waals surface area contributed by atoms with Crippen LogP contribution < -0.4 is 0 Å². The highest BCUT2D eigenvalue weighted by atomic mass is 16.6. The fourth-order valence-corrected chi connectivity index (χ4v) is 9.33. The Morgan fingerprint density at radius 1 is 0.276 bits per heavy atom. The van der Waals surface area contributed by atoms with Crippen LogP contribution in [0.1, 0.15) is 323 Å². The van der Waals surface area contributed by atoms with Gasteiger partial charge in [-0.25, -0.2) is 0 Å². The van der Waals surface area contributed by atoms with Crippen molar-refractivity contribution in [1.82, 2.24) is 0 Å². The van der Waals surface area contributed by atoms with Crippen LogP contribution >= 0.6 is 0 Å². The van der Waals surface area contributed by atoms with Crippen molar-refractivity contribution in [2.24, 2.45) is 0 Å². The van der Waals surface area contributed by atoms with E-state index in [9.17, 15) is 14.4 Å². The number of hydrogen-bond donors (Lipinski definition) is 0. The second-order valence-electron chi connectivity index (χ2n) is 21.6. The molecule has 0 saturated carbocycles. The van der Waals surface area contributed by atoms with E-state index in [0.29, 0.717) is 19.3 Å². The van der Waals surface area contributed by atoms with Crippen LogP contribution in [0, 0.1) is 0 Å². The number of ether oxygens (including phenoxy) is 3. The molecule has 0 N–H and O–H groups in total. The molecule has 1 atom stereocenters. The summed E-state index contributed by atoms with van der Waals surface area (Å²) in [6.07, 6.45) is 84.6. The average Bonchev–Trinajstić information content (AvgIpc) is 3.42. The van der Waals surface area contributed by atoms with E-state index in [1.54, 1.807) is 0 Å². The summed E-state index contributed by atoms with van der Waals surface area (Å²) in [5.41, 5.74) is 0. The van der Waals surface area contributed by atoms with Crippen LogP contribution in [0.5, 0.6) is 0 Å². The summed E-state index contributed by atoms with van der Waals surface area (Å²) >= 11 is 0. The van der Waals surface area contributed by atoms with Gasteiger partial charge in [0.2, 0.25) is 0 Å². The number of hydrogen-bond acceptors (Lipinski definition) is 6. The minimum Gasteiger partial charge on any atom is -0.462 e. The predicted molar refractivity (Wildman–Crippen MR) is 330 cm³/mol. The lowest BCUT2D eigenvalue weighted by Gasteiger charge is -2.18. The van der Waals surface area contributed by atoms with E-state index in [1.165, 1.54) is 148 Å². The van der Waals surface area contributed by atoms with Gasteiger partial charge in [-0.1, -0.05) is 298 Å². The lowest BCUT2D eigenvalue weighted by atomic mass is 10.0. The first-order valence-electron chi connectivity index (χ1n) is 32.6. The highest BCUT2D eigenvalue weighted by Crippen LogP contribution is 2.17. The highest BCUT2D eigenvalue weighted by molar-refractivity contribution is 5.71. The van der Waals surface area contributed by atoms with Crippen molar-refractivity contribution in [2.45, 2.75) is 329 Å². The van der Waals surface area contributed by atoms with Crippen molar-refractivity contribution in [3.63, 3.8) is 0 Å². The molecule has 0 bridgehead atoms. The smallest absolute Gasteiger partial charge is 0.306 e. The molecule has 0 aromatic rings. The Hall–Kier alpha value is -3.41. The van der Waals surface area contributed by atoms with Crippen molar-refractivity contribution in [2.75, 3.05) is 13.2 Å². The second-order valence-corrected chi connectivity index (χ2v) is 21.6. The van der Waals surface area contributed by atoms with Gasteiger partial charge in [0.25, 0.3) is 0 Å². The maximum atomic E-state index is 12.9. The summed E-state index contributed by atoms with van der Waals surface area (Å²) in [6.45, 7) is 6.42. The fourth-order valence-electron chi connectivity index (χ4n) is 9.33. The van der Waals surface area contributed by atoms with Crippen LogP contribution in [0.3, 0.4) is 0 Å². The summed E-state index contributed by atoms with van der Waals surface area (Å²) in [5.74, 6) is -0.919. The largest absolute Gasteiger partial charge is 0.462 e. The SMILES string of the molecule is CC/C=C\C/C=C\C/C=C\C/C=C\CCCCCCC(=O)OC(COC(=O)CCCCCCC/C=C\C/C=C\C/C=C\CC)COC(=O)CCCCCCCCCCCCCCCCCCCCCCCCCCCC. The zero-order valence-electron chi connectivity index (χ0n) is 50.3. The van der Waals surface area contributed by atoms with E-state index >= 15 is 0 Å². The third-order valence-corrected chi connectivity index (χ3v) is 14.1. The summed E-state index contributed by atoms with van der Waals surface area (Å²) in [6, 6.07) is 0. The number of carbonyl (C=O) groups excluding carboxylic acids is 3. The molecule has 0 amide bonds. The van der Waals surface area contributed by atoms with Gasteiger partial charge in [0.1, 0.15) is 13.2 Å². The van der Waals surface area contributed by atoms with Crippen LogP contribution in [0.4, 0.5) is 0 Å². The quantitative estimate of drug-likeness (QED) is 0.0261. The predicted octanol–water partition coefficient (Wildman–Crippen LogP) is 22.3. The maximum absolute atomic E-state index is 12.9. The van der Waals surface area contributed by atoms with Crippen molar-refractivity contribution < 1.29 is 28.6 Å². The first kappa shape index (κ1) is 72.6. The van der Waals surface area contributed by atoms with Gasteiger partial charge in [-0.15, -0.1) is 0 Å². The Balaban J connectivity index is 4.30. The Kier molecular flexibility index (Phi) is 61.2. The molecule has 438 valence electrons. The Morgan fingerprint density at radius 2 is 0.513 bits per heavy atom. The summed E-state index contributed by atoms with van der Waals surface area (Å²) in [5, 5.41) is 0. The molecular weight excluding hydrogens is 937 g/mol. The van der Waals surface area contributed by atoms with Crippen LogP contribution in [-0.4, -0.2) is 37.2 Å². The lowest BCUT2D eigenvalue weighted by molar-refractivity contribution is -0.167. The first-order chi connectivity index (χ1) is 37.5. The molecule has 0 aliphatic carbocycles. The molecule has 6 nitrogen and oxygen atoms in total. The molecule has 0 saturated heterocycles. The second kappa shape index (κ2) is 64.1. The minimum atomic E-state index is -0.797. The Labute approximate surface area is 471 Å². The fraction of sp³-hybridized carbons (Fsp3) is 0.757. The molecule has 0 aromatic heterocycles. The third-order valence-electron chi connectivity index (χ3n) is 14.1. The number of carbonyl (C=O) groups is 3. The average molecular weight is 1060 g/mol. The summed E-state index contributed by atoms with van der Waals surface area (Å²) in [7, 11) is 0. The van der Waals surface area contributed by atoms with Gasteiger partial charge >= 0.3 is 17.9 Å². The first-order valence-corrected chi connectivity index (χ1v) is 32.6. The van der Waals surface area contributed by atoms with E-state index in [0.717, 1.165) is 135 Å². The van der Waals surface area contributed by atoms with Crippen LogP contribution in [0.2, 0.25) is 0 Å². The molecule has 0 aliphatic rings. The Morgan fingerprint density at radius 3 is 0.803 bits per heavy atom. The van der Waals surface area contributed by atoms with Crippen molar-refractivity contribution >= 4 is 17.9 Å². The van der Waals surface area contributed by atoms with Crippen LogP contribution in [0.25, 0.3) is 0 Å². The highest BCUT2D eigenvalue weighted by Gasteiger charge is 2.19. The molecule has 0 rings (SSSR count). The van der Waals surface area contributed by atoms with Gasteiger partial charge < -0.3 is 14.2 Å². The van der Waals surface area contributed by atoms with E-state index in [2.05, 4.69) is 106 Å². The lowest BCUT2D eigenvalue weighted by Crippen LogP contribution is -2.30.